The van der Waals surface area contributed by atoms with Crippen LogP contribution in [-0.2, 0) is 0 Å². The van der Waals surface area contributed by atoms with E-state index in [9.17, 15) is 10.5 Å². The number of hydrogen-bond donors (Lipinski definition) is 1. The first-order chi connectivity index (χ1) is 11.3. The quantitative estimate of drug-likeness (QED) is 0.783. The van der Waals surface area contributed by atoms with E-state index < -0.39 is 0 Å². The Morgan fingerprint density at radius 3 is 2.09 bits per heavy atom. The first-order valence-corrected chi connectivity index (χ1v) is 6.85. The SMILES string of the molecule is N#Cc1c(N)nc(-c2ccncc2)c(C#N)c1-c1ccccc1. The minimum absolute atomic E-state index is 0.108. The molecule has 0 amide bonds. The van der Waals surface area contributed by atoms with Gasteiger partial charge in [-0.25, -0.2) is 4.98 Å². The standard InChI is InChI=1S/C18H11N5/c19-10-14-16(12-4-2-1-3-5-12)15(11-20)18(21)23-17(14)13-6-8-22-9-7-13/h1-9H,(H2,21,23). The molecule has 3 aromatic rings. The maximum atomic E-state index is 9.68. The zero-order valence-electron chi connectivity index (χ0n) is 12.1. The summed E-state index contributed by atoms with van der Waals surface area (Å²) in [6.07, 6.45) is 3.24. The molecule has 5 nitrogen and oxygen atoms in total. The summed E-state index contributed by atoms with van der Waals surface area (Å²) >= 11 is 0. The molecule has 0 radical (unpaired) electrons. The van der Waals surface area contributed by atoms with Gasteiger partial charge in [0.15, 0.2) is 0 Å². The number of aromatic nitrogens is 2. The highest BCUT2D eigenvalue weighted by Gasteiger charge is 2.20. The van der Waals surface area contributed by atoms with Gasteiger partial charge in [0, 0.05) is 23.5 Å². The Hall–Kier alpha value is -3.70. The highest BCUT2D eigenvalue weighted by atomic mass is 14.9. The van der Waals surface area contributed by atoms with Crippen molar-refractivity contribution in [1.82, 2.24) is 9.97 Å². The van der Waals surface area contributed by atoms with Gasteiger partial charge in [-0.2, -0.15) is 10.5 Å². The van der Waals surface area contributed by atoms with E-state index in [-0.39, 0.29) is 11.4 Å². The van der Waals surface area contributed by atoms with Crippen molar-refractivity contribution in [3.8, 4) is 34.5 Å². The second kappa shape index (κ2) is 5.97. The molecule has 2 heterocycles. The molecule has 0 saturated carbocycles. The highest BCUT2D eigenvalue weighted by molar-refractivity contribution is 5.86. The van der Waals surface area contributed by atoms with Crippen LogP contribution in [0, 0.1) is 22.7 Å². The van der Waals surface area contributed by atoms with Crippen LogP contribution in [0.1, 0.15) is 11.1 Å². The number of nitrogen functional groups attached to an aromatic ring is 1. The fourth-order valence-corrected chi connectivity index (χ4v) is 2.44. The topological polar surface area (TPSA) is 99.4 Å². The molecule has 0 atom stereocenters. The van der Waals surface area contributed by atoms with Gasteiger partial charge in [0.05, 0.1) is 11.3 Å². The summed E-state index contributed by atoms with van der Waals surface area (Å²) in [7, 11) is 0. The maximum Gasteiger partial charge on any atom is 0.142 e. The second-order valence-electron chi connectivity index (χ2n) is 4.80. The monoisotopic (exact) mass is 297 g/mol. The molecule has 1 aromatic carbocycles. The number of nitrogens with two attached hydrogens (primary N) is 1. The minimum atomic E-state index is 0.108. The summed E-state index contributed by atoms with van der Waals surface area (Å²) in [4.78, 5) is 8.25. The Morgan fingerprint density at radius 1 is 0.826 bits per heavy atom. The fraction of sp³-hybridized carbons (Fsp3) is 0. The smallest absolute Gasteiger partial charge is 0.142 e. The van der Waals surface area contributed by atoms with E-state index in [4.69, 9.17) is 5.73 Å². The molecule has 0 aliphatic rings. The number of benzene rings is 1. The van der Waals surface area contributed by atoms with E-state index in [0.29, 0.717) is 16.8 Å². The number of pyridine rings is 2. The molecule has 0 aliphatic heterocycles. The Balaban J connectivity index is 2.41. The molecular formula is C18H11N5. The third-order valence-corrected chi connectivity index (χ3v) is 3.47. The lowest BCUT2D eigenvalue weighted by Gasteiger charge is -2.13. The van der Waals surface area contributed by atoms with Crippen molar-refractivity contribution in [2.75, 3.05) is 5.73 Å². The maximum absolute atomic E-state index is 9.68. The zero-order chi connectivity index (χ0) is 16.2. The van der Waals surface area contributed by atoms with Gasteiger partial charge in [0.2, 0.25) is 0 Å². The summed E-state index contributed by atoms with van der Waals surface area (Å²) in [5, 5.41) is 19.1. The Bertz CT molecular complexity index is 935. The molecule has 108 valence electrons. The van der Waals surface area contributed by atoms with Crippen molar-refractivity contribution in [1.29, 1.82) is 10.5 Å². The van der Waals surface area contributed by atoms with Gasteiger partial charge in [0.1, 0.15) is 23.5 Å². The van der Waals surface area contributed by atoms with Gasteiger partial charge in [-0.05, 0) is 17.7 Å². The third-order valence-electron chi connectivity index (χ3n) is 3.47. The molecular weight excluding hydrogens is 286 g/mol. The van der Waals surface area contributed by atoms with Crippen LogP contribution in [0.3, 0.4) is 0 Å². The summed E-state index contributed by atoms with van der Waals surface area (Å²) in [6, 6.07) is 17.0. The van der Waals surface area contributed by atoms with E-state index in [2.05, 4.69) is 22.1 Å². The molecule has 3 rings (SSSR count). The Labute approximate surface area is 133 Å². The molecule has 0 unspecified atom stereocenters. The van der Waals surface area contributed by atoms with E-state index in [1.54, 1.807) is 24.5 Å². The molecule has 5 heteroatoms. The predicted octanol–water partition coefficient (Wildman–Crippen LogP) is 3.14. The molecule has 0 bridgehead atoms. The van der Waals surface area contributed by atoms with Gasteiger partial charge in [-0.3, -0.25) is 4.98 Å². The van der Waals surface area contributed by atoms with Crippen molar-refractivity contribution < 1.29 is 0 Å². The molecule has 0 spiro atoms. The Morgan fingerprint density at radius 2 is 1.48 bits per heavy atom. The lowest BCUT2D eigenvalue weighted by Crippen LogP contribution is -2.03. The lowest BCUT2D eigenvalue weighted by molar-refractivity contribution is 1.27. The fourth-order valence-electron chi connectivity index (χ4n) is 2.44. The van der Waals surface area contributed by atoms with Crippen LogP contribution in [0.25, 0.3) is 22.4 Å². The normalized spacial score (nSPS) is 9.83. The van der Waals surface area contributed by atoms with Gasteiger partial charge >= 0.3 is 0 Å². The van der Waals surface area contributed by atoms with Crippen LogP contribution in [-0.4, -0.2) is 9.97 Å². The van der Waals surface area contributed by atoms with Crippen molar-refractivity contribution in [2.24, 2.45) is 0 Å². The van der Waals surface area contributed by atoms with Crippen LogP contribution in [0.2, 0.25) is 0 Å². The summed E-state index contributed by atoms with van der Waals surface area (Å²) in [5.74, 6) is 0.108. The van der Waals surface area contributed by atoms with Gasteiger partial charge in [-0.1, -0.05) is 30.3 Å². The largest absolute Gasteiger partial charge is 0.383 e. The minimum Gasteiger partial charge on any atom is -0.383 e. The highest BCUT2D eigenvalue weighted by Crippen LogP contribution is 2.35. The van der Waals surface area contributed by atoms with Crippen LogP contribution >= 0.6 is 0 Å². The number of nitrogens with zero attached hydrogens (tertiary/aromatic N) is 4. The summed E-state index contributed by atoms with van der Waals surface area (Å²) in [6.45, 7) is 0. The van der Waals surface area contributed by atoms with E-state index >= 15 is 0 Å². The number of rotatable bonds is 2. The average Bonchev–Trinajstić information content (AvgIpc) is 2.62. The van der Waals surface area contributed by atoms with Crippen LogP contribution < -0.4 is 5.73 Å². The van der Waals surface area contributed by atoms with E-state index in [0.717, 1.165) is 11.1 Å². The predicted molar refractivity (Wildman–Crippen MR) is 86.7 cm³/mol. The third kappa shape index (κ3) is 2.48. The van der Waals surface area contributed by atoms with Crippen LogP contribution in [0.4, 0.5) is 5.82 Å². The molecule has 23 heavy (non-hydrogen) atoms. The van der Waals surface area contributed by atoms with Gasteiger partial charge in [-0.15, -0.1) is 0 Å². The summed E-state index contributed by atoms with van der Waals surface area (Å²) < 4.78 is 0. The van der Waals surface area contributed by atoms with Crippen molar-refractivity contribution in [3.63, 3.8) is 0 Å². The van der Waals surface area contributed by atoms with Crippen molar-refractivity contribution >= 4 is 5.82 Å². The van der Waals surface area contributed by atoms with E-state index in [1.165, 1.54) is 0 Å². The summed E-state index contributed by atoms with van der Waals surface area (Å²) in [5.41, 5.74) is 8.95. The number of hydrogen-bond acceptors (Lipinski definition) is 5. The van der Waals surface area contributed by atoms with Crippen LogP contribution in [0.15, 0.2) is 54.9 Å². The first kappa shape index (κ1) is 14.2. The lowest BCUT2D eigenvalue weighted by atomic mass is 9.93. The first-order valence-electron chi connectivity index (χ1n) is 6.85. The number of nitriles is 2. The molecule has 0 fully saturated rings. The van der Waals surface area contributed by atoms with Crippen molar-refractivity contribution in [2.45, 2.75) is 0 Å². The van der Waals surface area contributed by atoms with Crippen LogP contribution in [0.5, 0.6) is 0 Å². The molecule has 2 N–H and O–H groups in total. The van der Waals surface area contributed by atoms with Gasteiger partial charge in [0.25, 0.3) is 0 Å². The molecule has 0 aliphatic carbocycles. The average molecular weight is 297 g/mol. The Kier molecular flexibility index (Phi) is 3.70. The zero-order valence-corrected chi connectivity index (χ0v) is 12.1. The molecule has 0 saturated heterocycles. The van der Waals surface area contributed by atoms with E-state index in [1.807, 2.05) is 30.3 Å². The number of anilines is 1. The second-order valence-corrected chi connectivity index (χ2v) is 4.80. The van der Waals surface area contributed by atoms with Crippen molar-refractivity contribution in [3.05, 3.63) is 66.0 Å². The molecule has 2 aromatic heterocycles. The van der Waals surface area contributed by atoms with Gasteiger partial charge < -0.3 is 5.73 Å².